The monoisotopic (exact) mass is 294 g/mol. The van der Waals surface area contributed by atoms with Crippen molar-refractivity contribution in [2.75, 3.05) is 13.1 Å². The number of likely N-dealkylation sites (tertiary alicyclic amines) is 1. The summed E-state index contributed by atoms with van der Waals surface area (Å²) in [4.78, 5) is 15.6. The van der Waals surface area contributed by atoms with Gasteiger partial charge in [-0.2, -0.15) is 15.0 Å². The first-order valence-electron chi connectivity index (χ1n) is 7.07. The second-order valence-electron chi connectivity index (χ2n) is 5.20. The highest BCUT2D eigenvalue weighted by Gasteiger charge is 2.33. The highest BCUT2D eigenvalue weighted by molar-refractivity contribution is 5.92. The number of benzene rings is 1. The van der Waals surface area contributed by atoms with Crippen molar-refractivity contribution in [2.24, 2.45) is 0 Å². The number of carbonyl (C=O) groups excluding carboxylic acids is 1. The molecule has 0 unspecified atom stereocenters. The summed E-state index contributed by atoms with van der Waals surface area (Å²) in [7, 11) is 0. The predicted octanol–water partition coefficient (Wildman–Crippen LogP) is 1.16. The van der Waals surface area contributed by atoms with Crippen LogP contribution in [0.25, 0.3) is 5.69 Å². The molecule has 1 aromatic carbocycles. The molecule has 3 heterocycles. The Labute approximate surface area is 126 Å². The molecule has 0 spiro atoms. The molecule has 0 atom stereocenters. The lowest BCUT2D eigenvalue weighted by atomic mass is 10.1. The summed E-state index contributed by atoms with van der Waals surface area (Å²) in [5, 5.41) is 12.6. The van der Waals surface area contributed by atoms with E-state index in [0.29, 0.717) is 18.8 Å². The molecule has 1 fully saturated rings. The number of hydrogen-bond acceptors (Lipinski definition) is 4. The fourth-order valence-corrected chi connectivity index (χ4v) is 2.49. The lowest BCUT2D eigenvalue weighted by Gasteiger charge is -2.38. The number of hydrogen-bond donors (Lipinski definition) is 0. The molecule has 1 aliphatic rings. The van der Waals surface area contributed by atoms with Crippen molar-refractivity contribution in [1.82, 2.24) is 29.7 Å². The van der Waals surface area contributed by atoms with Crippen LogP contribution in [0.3, 0.4) is 0 Å². The molecular formula is C15H14N6O. The zero-order chi connectivity index (χ0) is 14.9. The van der Waals surface area contributed by atoms with Gasteiger partial charge in [-0.3, -0.25) is 9.48 Å². The van der Waals surface area contributed by atoms with E-state index < -0.39 is 0 Å². The minimum absolute atomic E-state index is 0.0920. The maximum Gasteiger partial charge on any atom is 0.276 e. The Kier molecular flexibility index (Phi) is 2.96. The summed E-state index contributed by atoms with van der Waals surface area (Å²) in [5.74, 6) is -0.0920. The van der Waals surface area contributed by atoms with Crippen molar-refractivity contribution < 1.29 is 4.79 Å². The van der Waals surface area contributed by atoms with Gasteiger partial charge in [-0.05, 0) is 18.2 Å². The van der Waals surface area contributed by atoms with Gasteiger partial charge in [0.15, 0.2) is 5.69 Å². The van der Waals surface area contributed by atoms with Crippen molar-refractivity contribution in [3.8, 4) is 5.69 Å². The minimum atomic E-state index is -0.0920. The first-order valence-corrected chi connectivity index (χ1v) is 7.07. The Morgan fingerprint density at radius 1 is 1.09 bits per heavy atom. The lowest BCUT2D eigenvalue weighted by Crippen LogP contribution is -2.51. The Hall–Kier alpha value is -2.96. The van der Waals surface area contributed by atoms with Crippen molar-refractivity contribution in [1.29, 1.82) is 0 Å². The molecule has 110 valence electrons. The van der Waals surface area contributed by atoms with Gasteiger partial charge in [0.1, 0.15) is 0 Å². The fraction of sp³-hybridized carbons (Fsp3) is 0.200. The van der Waals surface area contributed by atoms with E-state index in [9.17, 15) is 4.79 Å². The summed E-state index contributed by atoms with van der Waals surface area (Å²) in [6, 6.07) is 11.7. The second kappa shape index (κ2) is 5.10. The second-order valence-corrected chi connectivity index (χ2v) is 5.20. The fourth-order valence-electron chi connectivity index (χ4n) is 2.49. The average molecular weight is 294 g/mol. The van der Waals surface area contributed by atoms with Crippen LogP contribution < -0.4 is 0 Å². The molecule has 22 heavy (non-hydrogen) atoms. The maximum atomic E-state index is 12.4. The van der Waals surface area contributed by atoms with Crippen molar-refractivity contribution in [3.63, 3.8) is 0 Å². The smallest absolute Gasteiger partial charge is 0.276 e. The van der Waals surface area contributed by atoms with Crippen LogP contribution in [0.4, 0.5) is 0 Å². The molecular weight excluding hydrogens is 280 g/mol. The van der Waals surface area contributed by atoms with Crippen LogP contribution in [-0.4, -0.2) is 48.7 Å². The van der Waals surface area contributed by atoms with Crippen molar-refractivity contribution >= 4 is 5.91 Å². The zero-order valence-corrected chi connectivity index (χ0v) is 11.8. The van der Waals surface area contributed by atoms with Crippen LogP contribution in [-0.2, 0) is 0 Å². The summed E-state index contributed by atoms with van der Waals surface area (Å²) in [6.45, 7) is 1.30. The van der Waals surface area contributed by atoms with Gasteiger partial charge in [-0.1, -0.05) is 18.2 Å². The van der Waals surface area contributed by atoms with Gasteiger partial charge in [0.25, 0.3) is 5.91 Å². The molecule has 7 nitrogen and oxygen atoms in total. The molecule has 0 N–H and O–H groups in total. The molecule has 0 aliphatic carbocycles. The van der Waals surface area contributed by atoms with Gasteiger partial charge in [-0.25, -0.2) is 0 Å². The van der Waals surface area contributed by atoms with E-state index in [1.807, 2.05) is 47.3 Å². The van der Waals surface area contributed by atoms with Gasteiger partial charge in [0.05, 0.1) is 17.9 Å². The molecule has 1 saturated heterocycles. The number of aromatic nitrogens is 5. The van der Waals surface area contributed by atoms with Crippen LogP contribution >= 0.6 is 0 Å². The molecule has 7 heteroatoms. The topological polar surface area (TPSA) is 68.8 Å². The largest absolute Gasteiger partial charge is 0.333 e. The number of para-hydroxylation sites is 1. The number of carbonyl (C=O) groups is 1. The SMILES string of the molecule is O=C(c1cnn(-c2ccccc2)n1)N1CC(n2cccn2)C1. The van der Waals surface area contributed by atoms with Crippen LogP contribution in [0, 0.1) is 0 Å². The van der Waals surface area contributed by atoms with E-state index in [4.69, 9.17) is 0 Å². The maximum absolute atomic E-state index is 12.4. The van der Waals surface area contributed by atoms with E-state index in [1.165, 1.54) is 11.0 Å². The first-order chi connectivity index (χ1) is 10.8. The Bertz CT molecular complexity index is 773. The van der Waals surface area contributed by atoms with E-state index >= 15 is 0 Å². The van der Waals surface area contributed by atoms with E-state index in [0.717, 1.165) is 5.69 Å². The predicted molar refractivity (Wildman–Crippen MR) is 78.5 cm³/mol. The summed E-state index contributed by atoms with van der Waals surface area (Å²) in [5.41, 5.74) is 1.20. The molecule has 4 rings (SSSR count). The van der Waals surface area contributed by atoms with E-state index in [-0.39, 0.29) is 11.9 Å². The molecule has 1 aliphatic heterocycles. The Morgan fingerprint density at radius 2 is 1.91 bits per heavy atom. The third-order valence-electron chi connectivity index (χ3n) is 3.75. The molecule has 0 bridgehead atoms. The molecule has 2 aromatic heterocycles. The third kappa shape index (κ3) is 2.16. The van der Waals surface area contributed by atoms with Gasteiger partial charge < -0.3 is 4.90 Å². The quantitative estimate of drug-likeness (QED) is 0.727. The number of nitrogens with zero attached hydrogens (tertiary/aromatic N) is 6. The van der Waals surface area contributed by atoms with E-state index in [2.05, 4.69) is 15.3 Å². The molecule has 1 amide bonds. The average Bonchev–Trinajstić information content (AvgIpc) is 3.18. The Morgan fingerprint density at radius 3 is 2.64 bits per heavy atom. The first kappa shape index (κ1) is 12.8. The van der Waals surface area contributed by atoms with Crippen LogP contribution in [0.2, 0.25) is 0 Å². The highest BCUT2D eigenvalue weighted by atomic mass is 16.2. The van der Waals surface area contributed by atoms with Crippen LogP contribution in [0.15, 0.2) is 55.0 Å². The Balaban J connectivity index is 1.45. The van der Waals surface area contributed by atoms with Crippen molar-refractivity contribution in [2.45, 2.75) is 6.04 Å². The third-order valence-corrected chi connectivity index (χ3v) is 3.75. The molecule has 0 saturated carbocycles. The summed E-state index contributed by atoms with van der Waals surface area (Å²) >= 11 is 0. The van der Waals surface area contributed by atoms with Crippen LogP contribution in [0.5, 0.6) is 0 Å². The minimum Gasteiger partial charge on any atom is -0.333 e. The summed E-state index contributed by atoms with van der Waals surface area (Å²) < 4.78 is 1.88. The normalized spacial score (nSPS) is 14.8. The van der Waals surface area contributed by atoms with Gasteiger partial charge in [0.2, 0.25) is 0 Å². The van der Waals surface area contributed by atoms with E-state index in [1.54, 1.807) is 11.1 Å². The number of rotatable bonds is 3. The number of amides is 1. The molecule has 0 radical (unpaired) electrons. The van der Waals surface area contributed by atoms with Gasteiger partial charge in [0, 0.05) is 25.5 Å². The zero-order valence-electron chi connectivity index (χ0n) is 11.8. The van der Waals surface area contributed by atoms with Gasteiger partial charge >= 0.3 is 0 Å². The van der Waals surface area contributed by atoms with Crippen LogP contribution in [0.1, 0.15) is 16.5 Å². The van der Waals surface area contributed by atoms with Gasteiger partial charge in [-0.15, -0.1) is 5.10 Å². The lowest BCUT2D eigenvalue weighted by molar-refractivity contribution is 0.0495. The standard InChI is InChI=1S/C15H14N6O/c22-15(19-10-13(11-19)20-8-4-7-16-20)14-9-17-21(18-14)12-5-2-1-3-6-12/h1-9,13H,10-11H2. The molecule has 3 aromatic rings. The summed E-state index contributed by atoms with van der Waals surface area (Å²) in [6.07, 6.45) is 5.17. The highest BCUT2D eigenvalue weighted by Crippen LogP contribution is 2.21. The van der Waals surface area contributed by atoms with Crippen molar-refractivity contribution in [3.05, 3.63) is 60.7 Å².